The lowest BCUT2D eigenvalue weighted by atomic mass is 10.1. The maximum absolute atomic E-state index is 11.9. The smallest absolute Gasteiger partial charge is 0.326 e. The van der Waals surface area contributed by atoms with Crippen LogP contribution < -0.4 is 5.32 Å². The van der Waals surface area contributed by atoms with Gasteiger partial charge in [-0.1, -0.05) is 19.4 Å². The highest BCUT2D eigenvalue weighted by atomic mass is 16.4. The van der Waals surface area contributed by atoms with Gasteiger partial charge in [0, 0.05) is 11.9 Å². The van der Waals surface area contributed by atoms with Crippen LogP contribution in [0.5, 0.6) is 0 Å². The molecule has 0 radical (unpaired) electrons. The molecule has 2 aromatic heterocycles. The summed E-state index contributed by atoms with van der Waals surface area (Å²) in [6.45, 7) is 3.84. The molecule has 0 aliphatic heterocycles. The molecule has 0 aliphatic carbocycles. The summed E-state index contributed by atoms with van der Waals surface area (Å²) in [6, 6.07) is 4.90. The van der Waals surface area contributed by atoms with Crippen LogP contribution in [0.3, 0.4) is 0 Å². The molecule has 6 nitrogen and oxygen atoms in total. The van der Waals surface area contributed by atoms with E-state index in [0.29, 0.717) is 18.5 Å². The minimum atomic E-state index is -1.00. The van der Waals surface area contributed by atoms with Crippen LogP contribution in [0.1, 0.15) is 31.2 Å². The number of fused-ring (bicyclic) bond motifs is 1. The third kappa shape index (κ3) is 3.59. The van der Waals surface area contributed by atoms with Crippen molar-refractivity contribution in [3.8, 4) is 0 Å². The number of rotatable bonds is 6. The van der Waals surface area contributed by atoms with Gasteiger partial charge in [0.25, 0.3) is 0 Å². The minimum Gasteiger partial charge on any atom is -0.480 e. The van der Waals surface area contributed by atoms with Crippen LogP contribution in [0, 0.1) is 6.92 Å². The van der Waals surface area contributed by atoms with Gasteiger partial charge in [0.15, 0.2) is 0 Å². The second-order valence-electron chi connectivity index (χ2n) is 5.05. The fourth-order valence-electron chi connectivity index (χ4n) is 2.24. The number of amides is 1. The first-order chi connectivity index (χ1) is 10.0. The van der Waals surface area contributed by atoms with Crippen molar-refractivity contribution >= 4 is 17.5 Å². The summed E-state index contributed by atoms with van der Waals surface area (Å²) in [7, 11) is 0. The van der Waals surface area contributed by atoms with Crippen molar-refractivity contribution in [2.24, 2.45) is 0 Å². The molecule has 2 rings (SSSR count). The highest BCUT2D eigenvalue weighted by Gasteiger charge is 2.19. The van der Waals surface area contributed by atoms with Crippen LogP contribution in [0.2, 0.25) is 0 Å². The van der Waals surface area contributed by atoms with Crippen molar-refractivity contribution < 1.29 is 14.7 Å². The Balaban J connectivity index is 2.07. The number of carboxylic acids is 1. The molecule has 2 N–H and O–H groups in total. The maximum Gasteiger partial charge on any atom is 0.326 e. The van der Waals surface area contributed by atoms with Crippen LogP contribution in [-0.4, -0.2) is 32.4 Å². The number of nitrogens with one attached hydrogen (secondary N) is 1. The lowest BCUT2D eigenvalue weighted by Gasteiger charge is -2.12. The van der Waals surface area contributed by atoms with E-state index in [1.807, 2.05) is 36.4 Å². The van der Waals surface area contributed by atoms with Crippen molar-refractivity contribution in [3.63, 3.8) is 0 Å². The Hall–Kier alpha value is -2.37. The van der Waals surface area contributed by atoms with Crippen molar-refractivity contribution in [1.29, 1.82) is 0 Å². The van der Waals surface area contributed by atoms with E-state index in [2.05, 4.69) is 10.3 Å². The van der Waals surface area contributed by atoms with Gasteiger partial charge in [0.2, 0.25) is 5.91 Å². The highest BCUT2D eigenvalue weighted by molar-refractivity contribution is 5.84. The number of aryl methyl sites for hydroxylation is 1. The molecular formula is C15H19N3O3. The van der Waals surface area contributed by atoms with Crippen LogP contribution >= 0.6 is 0 Å². The van der Waals surface area contributed by atoms with E-state index in [4.69, 9.17) is 5.11 Å². The predicted molar refractivity (Wildman–Crippen MR) is 78.1 cm³/mol. The maximum atomic E-state index is 11.9. The first-order valence-electron chi connectivity index (χ1n) is 6.97. The highest BCUT2D eigenvalue weighted by Crippen LogP contribution is 2.09. The molecule has 1 atom stereocenters. The van der Waals surface area contributed by atoms with E-state index in [1.54, 1.807) is 6.20 Å². The van der Waals surface area contributed by atoms with Gasteiger partial charge < -0.3 is 14.8 Å². The van der Waals surface area contributed by atoms with Gasteiger partial charge in [-0.05, 0) is 25.5 Å². The number of pyridine rings is 1. The number of hydrogen-bond donors (Lipinski definition) is 2. The average Bonchev–Trinajstić information content (AvgIpc) is 2.82. The average molecular weight is 289 g/mol. The second kappa shape index (κ2) is 6.39. The molecule has 0 saturated heterocycles. The second-order valence-corrected chi connectivity index (χ2v) is 5.05. The number of carboxylic acid groups (broad SMARTS) is 1. The number of nitrogens with zero attached hydrogens (tertiary/aromatic N) is 2. The molecule has 0 aliphatic rings. The van der Waals surface area contributed by atoms with Gasteiger partial charge in [0.1, 0.15) is 11.7 Å². The molecule has 2 aromatic rings. The summed E-state index contributed by atoms with van der Waals surface area (Å²) in [4.78, 5) is 27.3. The number of imidazole rings is 1. The summed E-state index contributed by atoms with van der Waals surface area (Å²) in [5.41, 5.74) is 2.43. The molecule has 1 amide bonds. The first-order valence-corrected chi connectivity index (χ1v) is 6.97. The minimum absolute atomic E-state index is 0.0780. The molecule has 0 saturated carbocycles. The van der Waals surface area contributed by atoms with Gasteiger partial charge >= 0.3 is 5.97 Å². The predicted octanol–water partition coefficient (Wildman–Crippen LogP) is 1.55. The van der Waals surface area contributed by atoms with Crippen LogP contribution in [0.25, 0.3) is 5.65 Å². The zero-order chi connectivity index (χ0) is 15.4. The van der Waals surface area contributed by atoms with Gasteiger partial charge in [-0.15, -0.1) is 0 Å². The van der Waals surface area contributed by atoms with Crippen LogP contribution in [0.15, 0.2) is 24.4 Å². The Bertz CT molecular complexity index is 663. The summed E-state index contributed by atoms with van der Waals surface area (Å²) in [5, 5.41) is 11.6. The molecule has 112 valence electrons. The van der Waals surface area contributed by atoms with E-state index in [9.17, 15) is 9.59 Å². The van der Waals surface area contributed by atoms with E-state index >= 15 is 0 Å². The summed E-state index contributed by atoms with van der Waals surface area (Å²) in [6.07, 6.45) is 3.00. The van der Waals surface area contributed by atoms with Gasteiger partial charge in [0.05, 0.1) is 12.1 Å². The number of hydrogen-bond acceptors (Lipinski definition) is 3. The molecule has 0 spiro atoms. The van der Waals surface area contributed by atoms with Crippen molar-refractivity contribution in [1.82, 2.24) is 14.7 Å². The van der Waals surface area contributed by atoms with Crippen molar-refractivity contribution in [2.45, 2.75) is 39.2 Å². The molecule has 6 heteroatoms. The zero-order valence-corrected chi connectivity index (χ0v) is 12.2. The van der Waals surface area contributed by atoms with E-state index in [0.717, 1.165) is 11.3 Å². The molecular weight excluding hydrogens is 270 g/mol. The Morgan fingerprint density at radius 1 is 1.43 bits per heavy atom. The molecule has 0 fully saturated rings. The van der Waals surface area contributed by atoms with Gasteiger partial charge in [-0.3, -0.25) is 4.79 Å². The fourth-order valence-corrected chi connectivity index (χ4v) is 2.24. The number of aromatic nitrogens is 2. The Labute approximate surface area is 122 Å². The zero-order valence-electron chi connectivity index (χ0n) is 12.2. The number of aliphatic carboxylic acids is 1. The SMILES string of the molecule is CCCC(NC(=O)Cc1cn2c(C)cccc2n1)C(=O)O. The monoisotopic (exact) mass is 289 g/mol. The molecule has 21 heavy (non-hydrogen) atoms. The summed E-state index contributed by atoms with van der Waals surface area (Å²) in [5.74, 6) is -1.33. The number of carbonyl (C=O) groups excluding carboxylic acids is 1. The summed E-state index contributed by atoms with van der Waals surface area (Å²) >= 11 is 0. The quantitative estimate of drug-likeness (QED) is 0.845. The molecule has 0 aromatic carbocycles. The lowest BCUT2D eigenvalue weighted by molar-refractivity contribution is -0.141. The summed E-state index contributed by atoms with van der Waals surface area (Å²) < 4.78 is 1.91. The fraction of sp³-hybridized carbons (Fsp3) is 0.400. The topological polar surface area (TPSA) is 83.7 Å². The Kier molecular flexibility index (Phi) is 4.57. The third-order valence-corrected chi connectivity index (χ3v) is 3.30. The van der Waals surface area contributed by atoms with E-state index < -0.39 is 12.0 Å². The third-order valence-electron chi connectivity index (χ3n) is 3.30. The van der Waals surface area contributed by atoms with E-state index in [1.165, 1.54) is 0 Å². The normalized spacial score (nSPS) is 12.3. The van der Waals surface area contributed by atoms with Gasteiger partial charge in [-0.2, -0.15) is 0 Å². The van der Waals surface area contributed by atoms with Crippen molar-refractivity contribution in [2.75, 3.05) is 0 Å². The van der Waals surface area contributed by atoms with Gasteiger partial charge in [-0.25, -0.2) is 9.78 Å². The van der Waals surface area contributed by atoms with Crippen LogP contribution in [-0.2, 0) is 16.0 Å². The lowest BCUT2D eigenvalue weighted by Crippen LogP contribution is -2.41. The Morgan fingerprint density at radius 2 is 2.19 bits per heavy atom. The van der Waals surface area contributed by atoms with Crippen LogP contribution in [0.4, 0.5) is 0 Å². The Morgan fingerprint density at radius 3 is 2.81 bits per heavy atom. The molecule has 2 heterocycles. The molecule has 0 bridgehead atoms. The van der Waals surface area contributed by atoms with E-state index in [-0.39, 0.29) is 12.3 Å². The standard InChI is InChI=1S/C15H19N3O3/c1-3-5-12(15(20)21)17-14(19)8-11-9-18-10(2)6-4-7-13(18)16-11/h4,6-7,9,12H,3,5,8H2,1-2H3,(H,17,19)(H,20,21). The largest absolute Gasteiger partial charge is 0.480 e. The van der Waals surface area contributed by atoms with Crippen molar-refractivity contribution in [3.05, 3.63) is 35.8 Å². The first kappa shape index (κ1) is 15.0. The molecule has 1 unspecified atom stereocenters. The number of carbonyl (C=O) groups is 2.